The average molecular weight is 544 g/mol. The van der Waals surface area contributed by atoms with E-state index in [1.54, 1.807) is 0 Å². The number of carbonyl (C=O) groups excluding carboxylic acids is 2. The number of ether oxygens (including phenoxy) is 3. The van der Waals surface area contributed by atoms with Gasteiger partial charge in [0.1, 0.15) is 0 Å². The first-order chi connectivity index (χ1) is 17.3. The van der Waals surface area contributed by atoms with E-state index in [9.17, 15) is 53.5 Å². The number of hydrogen-bond donors (Lipinski definition) is 0. The Kier molecular flexibility index (Phi) is 6.57. The standard InChI is InChI=1S/C20H6F10N2O5/c21-5-7(23)11(27)17(12(28)8(5)24)36-19(33)15-16(32(3-31-15)1-4-2-35-4)20(34)37-18-13(29)9(25)6(22)10(26)14(18)30/h3-4H,1-2H2. The Morgan fingerprint density at radius 3 is 1.51 bits per heavy atom. The highest BCUT2D eigenvalue weighted by molar-refractivity contribution is 6.02. The lowest BCUT2D eigenvalue weighted by atomic mass is 10.2. The molecule has 0 spiro atoms. The van der Waals surface area contributed by atoms with Crippen molar-refractivity contribution in [1.82, 2.24) is 9.55 Å². The van der Waals surface area contributed by atoms with Gasteiger partial charge >= 0.3 is 11.9 Å². The van der Waals surface area contributed by atoms with Crippen molar-refractivity contribution in [2.24, 2.45) is 0 Å². The van der Waals surface area contributed by atoms with Crippen molar-refractivity contribution in [3.8, 4) is 11.5 Å². The zero-order valence-electron chi connectivity index (χ0n) is 17.3. The van der Waals surface area contributed by atoms with E-state index in [1.807, 2.05) is 0 Å². The van der Waals surface area contributed by atoms with Crippen molar-refractivity contribution in [2.75, 3.05) is 6.61 Å². The molecule has 1 fully saturated rings. The third-order valence-corrected chi connectivity index (χ3v) is 4.76. The molecule has 1 aliphatic rings. The number of esters is 2. The fourth-order valence-corrected chi connectivity index (χ4v) is 2.91. The highest BCUT2D eigenvalue weighted by Gasteiger charge is 2.36. The lowest BCUT2D eigenvalue weighted by Crippen LogP contribution is -2.23. The van der Waals surface area contributed by atoms with E-state index in [2.05, 4.69) is 14.5 Å². The van der Waals surface area contributed by atoms with Crippen LogP contribution in [0.3, 0.4) is 0 Å². The molecular formula is C20H6F10N2O5. The van der Waals surface area contributed by atoms with Gasteiger partial charge in [-0.25, -0.2) is 40.9 Å². The summed E-state index contributed by atoms with van der Waals surface area (Å²) in [5.41, 5.74) is -2.37. The first-order valence-electron chi connectivity index (χ1n) is 9.49. The van der Waals surface area contributed by atoms with E-state index in [0.29, 0.717) is 6.33 Å². The van der Waals surface area contributed by atoms with E-state index in [0.717, 1.165) is 4.57 Å². The SMILES string of the molecule is O=C(Oc1c(F)c(F)c(F)c(F)c1F)c1ncn(CC2CO2)c1C(=O)Oc1c(F)c(F)c(F)c(F)c1F. The molecular weight excluding hydrogens is 538 g/mol. The number of nitrogens with zero attached hydrogens (tertiary/aromatic N) is 2. The van der Waals surface area contributed by atoms with E-state index >= 15 is 0 Å². The molecule has 7 nitrogen and oxygen atoms in total. The maximum Gasteiger partial charge on any atom is 0.365 e. The van der Waals surface area contributed by atoms with E-state index in [1.165, 1.54) is 0 Å². The topological polar surface area (TPSA) is 83.0 Å². The minimum atomic E-state index is -2.57. The van der Waals surface area contributed by atoms with Crippen LogP contribution in [0.25, 0.3) is 0 Å². The van der Waals surface area contributed by atoms with E-state index in [4.69, 9.17) is 4.74 Å². The number of imidazole rings is 1. The summed E-state index contributed by atoms with van der Waals surface area (Å²) in [5.74, 6) is -33.5. The van der Waals surface area contributed by atoms with Gasteiger partial charge in [0, 0.05) is 0 Å². The summed E-state index contributed by atoms with van der Waals surface area (Å²) >= 11 is 0. The molecule has 1 saturated heterocycles. The summed E-state index contributed by atoms with van der Waals surface area (Å²) < 4.78 is 150. The van der Waals surface area contributed by atoms with Gasteiger partial charge in [-0.2, -0.15) is 17.6 Å². The summed E-state index contributed by atoms with van der Waals surface area (Å²) in [6, 6.07) is 0. The summed E-state index contributed by atoms with van der Waals surface area (Å²) in [6.45, 7) is -0.195. The largest absolute Gasteiger partial charge is 0.415 e. The highest BCUT2D eigenvalue weighted by atomic mass is 19.2. The molecule has 3 aromatic rings. The van der Waals surface area contributed by atoms with Crippen LogP contribution in [0.1, 0.15) is 21.0 Å². The quantitative estimate of drug-likeness (QED) is 0.116. The zero-order valence-corrected chi connectivity index (χ0v) is 17.3. The van der Waals surface area contributed by atoms with Gasteiger partial charge in [0.25, 0.3) is 0 Å². The first kappa shape index (κ1) is 25.9. The molecule has 2 heterocycles. The molecule has 1 aromatic heterocycles. The van der Waals surface area contributed by atoms with Gasteiger partial charge in [-0.05, 0) is 0 Å². The van der Waals surface area contributed by atoms with Gasteiger partial charge in [-0.3, -0.25) is 0 Å². The van der Waals surface area contributed by atoms with Crippen LogP contribution in [0, 0.1) is 58.2 Å². The van der Waals surface area contributed by atoms with Crippen molar-refractivity contribution in [2.45, 2.75) is 12.6 Å². The van der Waals surface area contributed by atoms with Crippen molar-refractivity contribution in [3.05, 3.63) is 75.9 Å². The Morgan fingerprint density at radius 2 is 1.11 bits per heavy atom. The van der Waals surface area contributed by atoms with E-state index < -0.39 is 99.1 Å². The Bertz CT molecular complexity index is 1410. The third kappa shape index (κ3) is 4.45. The fourth-order valence-electron chi connectivity index (χ4n) is 2.91. The molecule has 2 aromatic carbocycles. The Balaban J connectivity index is 1.74. The lowest BCUT2D eigenvalue weighted by molar-refractivity contribution is 0.0662. The summed E-state index contributed by atoms with van der Waals surface area (Å²) in [7, 11) is 0. The van der Waals surface area contributed by atoms with Crippen LogP contribution in [-0.4, -0.2) is 34.2 Å². The van der Waals surface area contributed by atoms with Crippen LogP contribution in [0.2, 0.25) is 0 Å². The molecule has 0 N–H and O–H groups in total. The Morgan fingerprint density at radius 1 is 0.730 bits per heavy atom. The number of aromatic nitrogens is 2. The smallest absolute Gasteiger partial charge is 0.365 e. The number of hydrogen-bond acceptors (Lipinski definition) is 6. The molecule has 0 radical (unpaired) electrons. The van der Waals surface area contributed by atoms with Crippen LogP contribution in [0.5, 0.6) is 11.5 Å². The molecule has 0 bridgehead atoms. The van der Waals surface area contributed by atoms with Crippen molar-refractivity contribution in [3.63, 3.8) is 0 Å². The molecule has 4 rings (SSSR count). The molecule has 37 heavy (non-hydrogen) atoms. The molecule has 1 unspecified atom stereocenters. The minimum absolute atomic E-state index is 0.120. The van der Waals surface area contributed by atoms with Gasteiger partial charge < -0.3 is 18.8 Å². The Hall–Kier alpha value is -4.15. The maximum absolute atomic E-state index is 14.0. The second-order valence-corrected chi connectivity index (χ2v) is 7.13. The molecule has 0 saturated carbocycles. The number of carbonyl (C=O) groups is 2. The van der Waals surface area contributed by atoms with Gasteiger partial charge in [0.15, 0.2) is 11.4 Å². The molecule has 1 aliphatic heterocycles. The summed E-state index contributed by atoms with van der Waals surface area (Å²) in [5, 5.41) is 0. The van der Waals surface area contributed by atoms with Gasteiger partial charge in [-0.15, -0.1) is 0 Å². The van der Waals surface area contributed by atoms with Crippen LogP contribution >= 0.6 is 0 Å². The molecule has 17 heteroatoms. The summed E-state index contributed by atoms with van der Waals surface area (Å²) in [4.78, 5) is 28.5. The van der Waals surface area contributed by atoms with Crippen LogP contribution in [0.15, 0.2) is 6.33 Å². The van der Waals surface area contributed by atoms with Gasteiger partial charge in [0.05, 0.1) is 25.6 Å². The molecule has 0 amide bonds. The number of halogens is 10. The lowest BCUT2D eigenvalue weighted by Gasteiger charge is -2.12. The van der Waals surface area contributed by atoms with Crippen molar-refractivity contribution in [1.29, 1.82) is 0 Å². The molecule has 0 aliphatic carbocycles. The van der Waals surface area contributed by atoms with Crippen LogP contribution < -0.4 is 9.47 Å². The van der Waals surface area contributed by atoms with Crippen molar-refractivity contribution < 1.29 is 67.7 Å². The fraction of sp³-hybridized carbons (Fsp3) is 0.150. The summed E-state index contributed by atoms with van der Waals surface area (Å²) in [6.07, 6.45) is 0.0837. The highest BCUT2D eigenvalue weighted by Crippen LogP contribution is 2.32. The average Bonchev–Trinajstić information content (AvgIpc) is 3.60. The normalized spacial score (nSPS) is 14.6. The number of benzene rings is 2. The monoisotopic (exact) mass is 544 g/mol. The van der Waals surface area contributed by atoms with Gasteiger partial charge in [0.2, 0.25) is 69.7 Å². The van der Waals surface area contributed by atoms with Crippen LogP contribution in [0.4, 0.5) is 43.9 Å². The maximum atomic E-state index is 14.0. The predicted molar refractivity (Wildman–Crippen MR) is 94.3 cm³/mol. The van der Waals surface area contributed by atoms with E-state index in [-0.39, 0.29) is 13.2 Å². The minimum Gasteiger partial charge on any atom is -0.415 e. The van der Waals surface area contributed by atoms with Crippen LogP contribution in [-0.2, 0) is 11.3 Å². The van der Waals surface area contributed by atoms with Gasteiger partial charge in [-0.1, -0.05) is 0 Å². The number of rotatable bonds is 6. The zero-order chi connectivity index (χ0) is 27.3. The molecule has 1 atom stereocenters. The third-order valence-electron chi connectivity index (χ3n) is 4.76. The Labute approximate surface area is 196 Å². The molecule has 196 valence electrons. The predicted octanol–water partition coefficient (Wildman–Crippen LogP) is 4.11. The van der Waals surface area contributed by atoms with Crippen molar-refractivity contribution >= 4 is 11.9 Å². The first-order valence-corrected chi connectivity index (χ1v) is 9.49. The second-order valence-electron chi connectivity index (χ2n) is 7.13. The number of epoxide rings is 1. The second kappa shape index (κ2) is 9.38.